The van der Waals surface area contributed by atoms with E-state index < -0.39 is 0 Å². The van der Waals surface area contributed by atoms with Gasteiger partial charge in [0.25, 0.3) is 0 Å². The molecule has 1 saturated carbocycles. The van der Waals surface area contributed by atoms with Crippen LogP contribution in [0.15, 0.2) is 0 Å². The summed E-state index contributed by atoms with van der Waals surface area (Å²) >= 11 is 5.64. The van der Waals surface area contributed by atoms with Crippen LogP contribution in [0.4, 0.5) is 0 Å². The molecule has 2 aliphatic heterocycles. The van der Waals surface area contributed by atoms with E-state index >= 15 is 0 Å². The third kappa shape index (κ3) is 4.56. The molecule has 0 aromatic carbocycles. The molecular formula is C17H31N3S. The SMILES string of the molecule is S=C(NC1CCCCC1)N1CCC(CN2CCCC2)CC1. The molecule has 0 unspecified atom stereocenters. The van der Waals surface area contributed by atoms with E-state index in [1.165, 1.54) is 77.4 Å². The summed E-state index contributed by atoms with van der Waals surface area (Å²) in [6, 6.07) is 0.647. The zero-order valence-corrected chi connectivity index (χ0v) is 14.2. The summed E-state index contributed by atoms with van der Waals surface area (Å²) in [7, 11) is 0. The van der Waals surface area contributed by atoms with Crippen molar-refractivity contribution in [3.05, 3.63) is 0 Å². The normalized spacial score (nSPS) is 26.2. The molecule has 0 atom stereocenters. The fraction of sp³-hybridized carbons (Fsp3) is 0.941. The van der Waals surface area contributed by atoms with Crippen LogP contribution in [-0.2, 0) is 0 Å². The predicted octanol–water partition coefficient (Wildman–Crippen LogP) is 3.00. The maximum Gasteiger partial charge on any atom is 0.169 e. The van der Waals surface area contributed by atoms with E-state index in [-0.39, 0.29) is 0 Å². The van der Waals surface area contributed by atoms with Crippen molar-refractivity contribution in [1.82, 2.24) is 15.1 Å². The summed E-state index contributed by atoms with van der Waals surface area (Å²) in [6.07, 6.45) is 12.2. The Balaban J connectivity index is 1.37. The first-order valence-corrected chi connectivity index (χ1v) is 9.50. The summed E-state index contributed by atoms with van der Waals surface area (Å²) in [5.41, 5.74) is 0. The van der Waals surface area contributed by atoms with Gasteiger partial charge in [0.1, 0.15) is 0 Å². The quantitative estimate of drug-likeness (QED) is 0.808. The van der Waals surface area contributed by atoms with Gasteiger partial charge in [-0.05, 0) is 69.8 Å². The molecule has 3 rings (SSSR count). The monoisotopic (exact) mass is 309 g/mol. The number of hydrogen-bond acceptors (Lipinski definition) is 2. The largest absolute Gasteiger partial charge is 0.360 e. The molecule has 21 heavy (non-hydrogen) atoms. The highest BCUT2D eigenvalue weighted by Gasteiger charge is 2.25. The topological polar surface area (TPSA) is 18.5 Å². The van der Waals surface area contributed by atoms with Crippen LogP contribution in [0.3, 0.4) is 0 Å². The molecule has 0 radical (unpaired) electrons. The lowest BCUT2D eigenvalue weighted by atomic mass is 9.95. The van der Waals surface area contributed by atoms with Gasteiger partial charge in [0.15, 0.2) is 5.11 Å². The van der Waals surface area contributed by atoms with Gasteiger partial charge in [0.05, 0.1) is 0 Å². The lowest BCUT2D eigenvalue weighted by Crippen LogP contribution is -2.49. The van der Waals surface area contributed by atoms with Crippen molar-refractivity contribution < 1.29 is 0 Å². The molecule has 0 aromatic heterocycles. The predicted molar refractivity (Wildman–Crippen MR) is 92.6 cm³/mol. The number of nitrogens with one attached hydrogen (secondary N) is 1. The van der Waals surface area contributed by atoms with Crippen molar-refractivity contribution in [2.45, 2.75) is 63.8 Å². The molecule has 120 valence electrons. The van der Waals surface area contributed by atoms with Crippen LogP contribution in [0.1, 0.15) is 57.8 Å². The van der Waals surface area contributed by atoms with Crippen molar-refractivity contribution in [2.24, 2.45) is 5.92 Å². The molecule has 0 amide bonds. The number of hydrogen-bond donors (Lipinski definition) is 1. The fourth-order valence-electron chi connectivity index (χ4n) is 4.16. The van der Waals surface area contributed by atoms with Crippen molar-refractivity contribution in [3.8, 4) is 0 Å². The Hall–Kier alpha value is -0.350. The maximum absolute atomic E-state index is 5.64. The molecule has 4 heteroatoms. The van der Waals surface area contributed by atoms with E-state index in [1.807, 2.05) is 0 Å². The molecule has 2 saturated heterocycles. The van der Waals surface area contributed by atoms with Gasteiger partial charge in [0.2, 0.25) is 0 Å². The highest BCUT2D eigenvalue weighted by molar-refractivity contribution is 7.80. The number of thiocarbonyl (C=S) groups is 1. The smallest absolute Gasteiger partial charge is 0.169 e. The zero-order valence-electron chi connectivity index (χ0n) is 13.4. The minimum absolute atomic E-state index is 0.647. The minimum Gasteiger partial charge on any atom is -0.360 e. The van der Waals surface area contributed by atoms with Gasteiger partial charge in [-0.25, -0.2) is 0 Å². The molecular weight excluding hydrogens is 278 g/mol. The maximum atomic E-state index is 5.64. The minimum atomic E-state index is 0.647. The third-order valence-corrected chi connectivity index (χ3v) is 5.93. The van der Waals surface area contributed by atoms with E-state index in [1.54, 1.807) is 0 Å². The standard InChI is InChI=1S/C17H31N3S/c21-17(18-16-6-2-1-3-7-16)20-12-8-15(9-13-20)14-19-10-4-5-11-19/h15-16H,1-14H2,(H,18,21). The van der Waals surface area contributed by atoms with E-state index in [0.29, 0.717) is 6.04 Å². The van der Waals surface area contributed by atoms with E-state index in [4.69, 9.17) is 12.2 Å². The third-order valence-electron chi connectivity index (χ3n) is 5.55. The van der Waals surface area contributed by atoms with Crippen molar-refractivity contribution in [2.75, 3.05) is 32.7 Å². The Labute approximate surface area is 135 Å². The van der Waals surface area contributed by atoms with Crippen LogP contribution in [0.25, 0.3) is 0 Å². The van der Waals surface area contributed by atoms with Gasteiger partial charge in [-0.2, -0.15) is 0 Å². The number of piperidine rings is 1. The number of nitrogens with zero attached hydrogens (tertiary/aromatic N) is 2. The second-order valence-electron chi connectivity index (χ2n) is 7.22. The molecule has 0 spiro atoms. The number of likely N-dealkylation sites (tertiary alicyclic amines) is 2. The first kappa shape index (κ1) is 15.5. The highest BCUT2D eigenvalue weighted by Crippen LogP contribution is 2.22. The van der Waals surface area contributed by atoms with Gasteiger partial charge in [-0.3, -0.25) is 0 Å². The first-order chi connectivity index (χ1) is 10.3. The fourth-order valence-corrected chi connectivity index (χ4v) is 4.51. The van der Waals surface area contributed by atoms with Gasteiger partial charge in [-0.1, -0.05) is 19.3 Å². The lowest BCUT2D eigenvalue weighted by molar-refractivity contribution is 0.199. The molecule has 3 fully saturated rings. The van der Waals surface area contributed by atoms with Gasteiger partial charge < -0.3 is 15.1 Å². The van der Waals surface area contributed by atoms with Crippen molar-refractivity contribution in [3.63, 3.8) is 0 Å². The van der Waals surface area contributed by atoms with Crippen LogP contribution in [0.5, 0.6) is 0 Å². The average molecular weight is 310 g/mol. The Kier molecular flexibility index (Phi) is 5.75. The van der Waals surface area contributed by atoms with Crippen molar-refractivity contribution in [1.29, 1.82) is 0 Å². The number of rotatable bonds is 3. The molecule has 3 aliphatic rings. The lowest BCUT2D eigenvalue weighted by Gasteiger charge is -2.37. The Bertz CT molecular complexity index is 327. The zero-order chi connectivity index (χ0) is 14.5. The molecule has 1 N–H and O–H groups in total. The summed E-state index contributed by atoms with van der Waals surface area (Å²) in [6.45, 7) is 6.33. The second kappa shape index (κ2) is 7.77. The van der Waals surface area contributed by atoms with E-state index in [9.17, 15) is 0 Å². The van der Waals surface area contributed by atoms with Gasteiger partial charge in [-0.15, -0.1) is 0 Å². The van der Waals surface area contributed by atoms with Gasteiger partial charge in [0, 0.05) is 25.7 Å². The van der Waals surface area contributed by atoms with Crippen LogP contribution < -0.4 is 5.32 Å². The first-order valence-electron chi connectivity index (χ1n) is 9.09. The van der Waals surface area contributed by atoms with E-state index in [0.717, 1.165) is 24.1 Å². The summed E-state index contributed by atoms with van der Waals surface area (Å²) in [4.78, 5) is 5.09. The summed E-state index contributed by atoms with van der Waals surface area (Å²) in [5.74, 6) is 0.900. The Morgan fingerprint density at radius 1 is 0.857 bits per heavy atom. The Morgan fingerprint density at radius 2 is 1.52 bits per heavy atom. The van der Waals surface area contributed by atoms with Crippen LogP contribution in [-0.4, -0.2) is 53.7 Å². The molecule has 3 nitrogen and oxygen atoms in total. The molecule has 1 aliphatic carbocycles. The molecule has 0 aromatic rings. The highest BCUT2D eigenvalue weighted by atomic mass is 32.1. The Morgan fingerprint density at radius 3 is 2.19 bits per heavy atom. The van der Waals surface area contributed by atoms with Crippen LogP contribution in [0, 0.1) is 5.92 Å². The van der Waals surface area contributed by atoms with Crippen LogP contribution >= 0.6 is 12.2 Å². The summed E-state index contributed by atoms with van der Waals surface area (Å²) < 4.78 is 0. The average Bonchev–Trinajstić information content (AvgIpc) is 3.02. The van der Waals surface area contributed by atoms with Crippen molar-refractivity contribution >= 4 is 17.3 Å². The summed E-state index contributed by atoms with van der Waals surface area (Å²) in [5, 5.41) is 4.65. The van der Waals surface area contributed by atoms with Crippen LogP contribution in [0.2, 0.25) is 0 Å². The molecule has 0 bridgehead atoms. The van der Waals surface area contributed by atoms with E-state index in [2.05, 4.69) is 15.1 Å². The van der Waals surface area contributed by atoms with Gasteiger partial charge >= 0.3 is 0 Å². The molecule has 2 heterocycles. The second-order valence-corrected chi connectivity index (χ2v) is 7.61.